The number of Topliss-reactive ketones (excluding diaryl/α,β-unsaturated/α-hetero) is 1. The molecule has 1 unspecified atom stereocenters. The Hall–Kier alpha value is -1.89. The highest BCUT2D eigenvalue weighted by atomic mass is 16.1. The minimum Gasteiger partial charge on any atom is -0.294 e. The van der Waals surface area contributed by atoms with E-state index in [9.17, 15) is 4.79 Å². The number of ketones is 1. The van der Waals surface area contributed by atoms with Crippen LogP contribution < -0.4 is 0 Å². The van der Waals surface area contributed by atoms with Crippen molar-refractivity contribution < 1.29 is 4.79 Å². The Labute approximate surface area is 165 Å². The predicted molar refractivity (Wildman–Crippen MR) is 114 cm³/mol. The molecule has 4 rings (SSSR count). The third-order valence-corrected chi connectivity index (χ3v) is 6.34. The first-order chi connectivity index (χ1) is 12.6. The molecule has 2 aromatic carbocycles. The van der Waals surface area contributed by atoms with E-state index < -0.39 is 0 Å². The van der Waals surface area contributed by atoms with Gasteiger partial charge in [-0.3, -0.25) is 4.79 Å². The zero-order valence-electron chi connectivity index (χ0n) is 17.8. The van der Waals surface area contributed by atoms with Crippen molar-refractivity contribution in [3.8, 4) is 0 Å². The third kappa shape index (κ3) is 4.34. The number of carbonyl (C=O) groups is 1. The molecule has 0 fully saturated rings. The van der Waals surface area contributed by atoms with Gasteiger partial charge in [-0.05, 0) is 52.7 Å². The van der Waals surface area contributed by atoms with Crippen LogP contribution in [0.15, 0.2) is 48.5 Å². The van der Waals surface area contributed by atoms with Crippen LogP contribution in [-0.2, 0) is 19.3 Å². The lowest BCUT2D eigenvalue weighted by Crippen LogP contribution is -2.25. The topological polar surface area (TPSA) is 17.1 Å². The van der Waals surface area contributed by atoms with E-state index >= 15 is 0 Å². The fraction of sp³-hybridized carbons (Fsp3) is 0.500. The van der Waals surface area contributed by atoms with Crippen molar-refractivity contribution in [2.24, 2.45) is 22.7 Å². The molecule has 0 N–H and O–H groups in total. The van der Waals surface area contributed by atoms with Crippen LogP contribution in [0.2, 0.25) is 0 Å². The van der Waals surface area contributed by atoms with E-state index in [2.05, 4.69) is 71.9 Å². The lowest BCUT2D eigenvalue weighted by atomic mass is 9.78. The zero-order valence-corrected chi connectivity index (χ0v) is 17.8. The maximum atomic E-state index is 12.0. The van der Waals surface area contributed by atoms with Gasteiger partial charge < -0.3 is 0 Å². The molecule has 0 heterocycles. The van der Waals surface area contributed by atoms with Crippen molar-refractivity contribution in [2.75, 3.05) is 0 Å². The smallest absolute Gasteiger partial charge is 0.167 e. The summed E-state index contributed by atoms with van der Waals surface area (Å²) >= 11 is 0. The van der Waals surface area contributed by atoms with Gasteiger partial charge in [0.05, 0.1) is 0 Å². The minimum absolute atomic E-state index is 0.0795. The fourth-order valence-electron chi connectivity index (χ4n) is 4.31. The van der Waals surface area contributed by atoms with Crippen LogP contribution in [0.3, 0.4) is 0 Å². The third-order valence-electron chi connectivity index (χ3n) is 6.34. The molecule has 0 aliphatic heterocycles. The van der Waals surface area contributed by atoms with Crippen LogP contribution >= 0.6 is 0 Å². The Morgan fingerprint density at radius 2 is 1.15 bits per heavy atom. The zero-order chi connectivity index (χ0) is 19.8. The molecule has 2 aliphatic carbocycles. The lowest BCUT2D eigenvalue weighted by Gasteiger charge is -2.26. The molecule has 0 spiro atoms. The fourth-order valence-corrected chi connectivity index (χ4v) is 4.31. The highest BCUT2D eigenvalue weighted by Gasteiger charge is 2.37. The molecule has 0 bridgehead atoms. The molecular weight excluding hydrogens is 328 g/mol. The summed E-state index contributed by atoms with van der Waals surface area (Å²) in [6.07, 6.45) is 3.47. The van der Waals surface area contributed by atoms with Crippen LogP contribution in [0.1, 0.15) is 68.6 Å². The molecule has 0 saturated carbocycles. The van der Waals surface area contributed by atoms with Crippen LogP contribution in [0.5, 0.6) is 0 Å². The van der Waals surface area contributed by atoms with Crippen LogP contribution in [0.4, 0.5) is 0 Å². The summed E-state index contributed by atoms with van der Waals surface area (Å²) in [4.78, 5) is 12.0. The monoisotopic (exact) mass is 362 g/mol. The van der Waals surface area contributed by atoms with E-state index in [1.807, 2.05) is 18.2 Å². The molecule has 0 aromatic heterocycles. The van der Waals surface area contributed by atoms with Gasteiger partial charge >= 0.3 is 0 Å². The highest BCUT2D eigenvalue weighted by molar-refractivity contribution is 6.02. The predicted octanol–water partition coefficient (Wildman–Crippen LogP) is 6.54. The van der Waals surface area contributed by atoms with E-state index in [1.165, 1.54) is 18.4 Å². The molecule has 1 atom stereocenters. The Kier molecular flexibility index (Phi) is 5.34. The maximum absolute atomic E-state index is 12.0. The van der Waals surface area contributed by atoms with E-state index in [0.717, 1.165) is 17.9 Å². The van der Waals surface area contributed by atoms with Gasteiger partial charge in [-0.15, -0.1) is 0 Å². The lowest BCUT2D eigenvalue weighted by molar-refractivity contribution is 0.0843. The first-order valence-electron chi connectivity index (χ1n) is 10.3. The largest absolute Gasteiger partial charge is 0.294 e. The number of carbonyl (C=O) groups excluding carboxylic acids is 1. The van der Waals surface area contributed by atoms with Crippen LogP contribution in [0.25, 0.3) is 0 Å². The first-order valence-corrected chi connectivity index (χ1v) is 10.3. The second kappa shape index (κ2) is 7.26. The van der Waals surface area contributed by atoms with Gasteiger partial charge in [-0.25, -0.2) is 0 Å². The SMILES string of the molecule is CC(C)(C)C1Cc2ccccc2C1.CC(C)(C)C1Cc2ccccc2C1=O. The molecule has 2 aliphatic rings. The van der Waals surface area contributed by atoms with E-state index in [0.29, 0.717) is 11.2 Å². The minimum atomic E-state index is 0.0795. The quantitative estimate of drug-likeness (QED) is 0.520. The van der Waals surface area contributed by atoms with Gasteiger partial charge in [0.2, 0.25) is 0 Å². The summed E-state index contributed by atoms with van der Waals surface area (Å²) < 4.78 is 0. The second-order valence-electron chi connectivity index (χ2n) is 10.4. The van der Waals surface area contributed by atoms with Crippen molar-refractivity contribution >= 4 is 5.78 Å². The normalized spacial score (nSPS) is 19.3. The van der Waals surface area contributed by atoms with Crippen molar-refractivity contribution in [2.45, 2.75) is 60.8 Å². The van der Waals surface area contributed by atoms with Gasteiger partial charge in [0.15, 0.2) is 5.78 Å². The van der Waals surface area contributed by atoms with Gasteiger partial charge in [-0.2, -0.15) is 0 Å². The van der Waals surface area contributed by atoms with Crippen LogP contribution in [0, 0.1) is 22.7 Å². The summed E-state index contributed by atoms with van der Waals surface area (Å²) in [5, 5.41) is 0. The Balaban J connectivity index is 0.000000156. The van der Waals surface area contributed by atoms with Crippen molar-refractivity contribution in [3.05, 3.63) is 70.8 Å². The summed E-state index contributed by atoms with van der Waals surface area (Å²) in [5.74, 6) is 1.33. The van der Waals surface area contributed by atoms with Crippen molar-refractivity contribution in [1.29, 1.82) is 0 Å². The Morgan fingerprint density at radius 3 is 1.59 bits per heavy atom. The molecule has 0 saturated heterocycles. The number of hydrogen-bond acceptors (Lipinski definition) is 1. The Bertz CT molecular complexity index is 792. The van der Waals surface area contributed by atoms with Crippen LogP contribution in [-0.4, -0.2) is 5.78 Å². The molecule has 0 radical (unpaired) electrons. The molecule has 1 nitrogen and oxygen atoms in total. The summed E-state index contributed by atoms with van der Waals surface area (Å²) in [7, 11) is 0. The molecule has 0 amide bonds. The molecule has 2 aromatic rings. The van der Waals surface area contributed by atoms with E-state index in [4.69, 9.17) is 0 Å². The van der Waals surface area contributed by atoms with Gasteiger partial charge in [0.25, 0.3) is 0 Å². The van der Waals surface area contributed by atoms with E-state index in [-0.39, 0.29) is 11.3 Å². The Morgan fingerprint density at radius 1 is 0.667 bits per heavy atom. The van der Waals surface area contributed by atoms with Crippen molar-refractivity contribution in [3.63, 3.8) is 0 Å². The number of rotatable bonds is 0. The van der Waals surface area contributed by atoms with Gasteiger partial charge in [-0.1, -0.05) is 90.1 Å². The maximum Gasteiger partial charge on any atom is 0.167 e. The molecular formula is C26H34O. The number of fused-ring (bicyclic) bond motifs is 2. The molecule has 1 heteroatoms. The number of benzene rings is 2. The summed E-state index contributed by atoms with van der Waals surface area (Å²) in [6, 6.07) is 16.8. The van der Waals surface area contributed by atoms with Gasteiger partial charge in [0.1, 0.15) is 0 Å². The first kappa shape index (κ1) is 19.9. The highest BCUT2D eigenvalue weighted by Crippen LogP contribution is 2.38. The standard InChI is InChI=1S/C13H16O.C13H18/c1-13(2,3)11-8-9-6-4-5-7-10(9)12(11)14;1-13(2,3)12-8-10-6-4-5-7-11(10)9-12/h4-7,11H,8H2,1-3H3;4-7,12H,8-9H2,1-3H3. The van der Waals surface area contributed by atoms with Gasteiger partial charge in [0, 0.05) is 11.5 Å². The van der Waals surface area contributed by atoms with E-state index in [1.54, 1.807) is 11.1 Å². The molecule has 27 heavy (non-hydrogen) atoms. The summed E-state index contributed by atoms with van der Waals surface area (Å²) in [5.41, 5.74) is 5.84. The second-order valence-corrected chi connectivity index (χ2v) is 10.4. The summed E-state index contributed by atoms with van der Waals surface area (Å²) in [6.45, 7) is 13.5. The number of hydrogen-bond donors (Lipinski definition) is 0. The van der Waals surface area contributed by atoms with Crippen molar-refractivity contribution in [1.82, 2.24) is 0 Å². The molecule has 144 valence electrons. The average Bonchev–Trinajstić information content (AvgIpc) is 3.17. The average molecular weight is 363 g/mol.